The van der Waals surface area contributed by atoms with Gasteiger partial charge >= 0.3 is 0 Å². The standard InChI is InChI=1S/C13H20N2O5S/c1-9(2)15-21(19,20)12-5-3-10(4-6-12)13(18)14-11(7-16)8-17/h3-6,9,11,15-17H,7-8H2,1-2H3,(H,14,18). The van der Waals surface area contributed by atoms with Gasteiger partial charge in [0.15, 0.2) is 0 Å². The van der Waals surface area contributed by atoms with Crippen molar-refractivity contribution in [2.45, 2.75) is 30.8 Å². The van der Waals surface area contributed by atoms with Crippen LogP contribution in [0.2, 0.25) is 0 Å². The smallest absolute Gasteiger partial charge is 0.251 e. The molecule has 1 aromatic carbocycles. The van der Waals surface area contributed by atoms with Gasteiger partial charge in [0.05, 0.1) is 24.2 Å². The Morgan fingerprint density at radius 1 is 1.14 bits per heavy atom. The third-order valence-corrected chi connectivity index (χ3v) is 4.27. The van der Waals surface area contributed by atoms with Crippen molar-refractivity contribution >= 4 is 15.9 Å². The summed E-state index contributed by atoms with van der Waals surface area (Å²) in [6.07, 6.45) is 0. The molecule has 0 radical (unpaired) electrons. The van der Waals surface area contributed by atoms with Crippen LogP contribution in [0, 0.1) is 0 Å². The molecule has 1 aromatic rings. The van der Waals surface area contributed by atoms with Gasteiger partial charge in [-0.15, -0.1) is 0 Å². The van der Waals surface area contributed by atoms with Crippen molar-refractivity contribution < 1.29 is 23.4 Å². The van der Waals surface area contributed by atoms with E-state index in [0.29, 0.717) is 0 Å². The number of carbonyl (C=O) groups is 1. The molecule has 0 aromatic heterocycles. The van der Waals surface area contributed by atoms with Gasteiger partial charge in [0.25, 0.3) is 5.91 Å². The van der Waals surface area contributed by atoms with Crippen molar-refractivity contribution in [1.82, 2.24) is 10.0 Å². The summed E-state index contributed by atoms with van der Waals surface area (Å²) in [6, 6.07) is 4.42. The fourth-order valence-corrected chi connectivity index (χ4v) is 2.83. The zero-order valence-corrected chi connectivity index (χ0v) is 12.7. The SMILES string of the molecule is CC(C)NS(=O)(=O)c1ccc(C(=O)NC(CO)CO)cc1. The van der Waals surface area contributed by atoms with Gasteiger partial charge in [-0.05, 0) is 38.1 Å². The lowest BCUT2D eigenvalue weighted by molar-refractivity contribution is 0.0879. The van der Waals surface area contributed by atoms with Crippen molar-refractivity contribution in [1.29, 1.82) is 0 Å². The summed E-state index contributed by atoms with van der Waals surface area (Å²) in [6.45, 7) is 2.66. The zero-order valence-electron chi connectivity index (χ0n) is 11.9. The highest BCUT2D eigenvalue weighted by Crippen LogP contribution is 2.11. The normalized spacial score (nSPS) is 11.9. The van der Waals surface area contributed by atoms with Crippen LogP contribution in [0.25, 0.3) is 0 Å². The van der Waals surface area contributed by atoms with Gasteiger partial charge in [0.1, 0.15) is 0 Å². The van der Waals surface area contributed by atoms with Crippen LogP contribution in [0.4, 0.5) is 0 Å². The largest absolute Gasteiger partial charge is 0.394 e. The number of benzene rings is 1. The summed E-state index contributed by atoms with van der Waals surface area (Å²) >= 11 is 0. The molecule has 1 rings (SSSR count). The fraction of sp³-hybridized carbons (Fsp3) is 0.462. The Morgan fingerprint density at radius 2 is 1.67 bits per heavy atom. The summed E-state index contributed by atoms with van der Waals surface area (Å²) in [7, 11) is -3.60. The van der Waals surface area contributed by atoms with Crippen LogP contribution < -0.4 is 10.0 Å². The second-order valence-electron chi connectivity index (χ2n) is 4.84. The Morgan fingerprint density at radius 3 is 2.10 bits per heavy atom. The molecule has 4 N–H and O–H groups in total. The summed E-state index contributed by atoms with van der Waals surface area (Å²) in [5.74, 6) is -0.496. The average Bonchev–Trinajstić information content (AvgIpc) is 2.43. The summed E-state index contributed by atoms with van der Waals surface area (Å²) in [5, 5.41) is 20.2. The molecule has 0 heterocycles. The highest BCUT2D eigenvalue weighted by atomic mass is 32.2. The van der Waals surface area contributed by atoms with Crippen molar-refractivity contribution in [3.05, 3.63) is 29.8 Å². The minimum absolute atomic E-state index is 0.0635. The quantitative estimate of drug-likeness (QED) is 0.539. The van der Waals surface area contributed by atoms with Crippen LogP contribution >= 0.6 is 0 Å². The topological polar surface area (TPSA) is 116 Å². The predicted octanol–water partition coefficient (Wildman–Crippen LogP) is -0.544. The Bertz CT molecular complexity index is 565. The van der Waals surface area contributed by atoms with E-state index in [4.69, 9.17) is 10.2 Å². The van der Waals surface area contributed by atoms with Crippen molar-refractivity contribution in [2.24, 2.45) is 0 Å². The molecule has 0 atom stereocenters. The highest BCUT2D eigenvalue weighted by molar-refractivity contribution is 7.89. The van der Waals surface area contributed by atoms with Gasteiger partial charge in [-0.3, -0.25) is 4.79 Å². The number of rotatable bonds is 7. The first-order valence-electron chi connectivity index (χ1n) is 6.45. The molecule has 0 fully saturated rings. The Balaban J connectivity index is 2.85. The Hall–Kier alpha value is -1.48. The van der Waals surface area contributed by atoms with Gasteiger partial charge in [0, 0.05) is 11.6 Å². The van der Waals surface area contributed by atoms with Gasteiger partial charge in [-0.2, -0.15) is 0 Å². The molecule has 21 heavy (non-hydrogen) atoms. The first-order valence-corrected chi connectivity index (χ1v) is 7.93. The molecule has 7 nitrogen and oxygen atoms in total. The van der Waals surface area contributed by atoms with Crippen molar-refractivity contribution in [3.8, 4) is 0 Å². The van der Waals surface area contributed by atoms with E-state index in [1.165, 1.54) is 24.3 Å². The van der Waals surface area contributed by atoms with Crippen molar-refractivity contribution in [3.63, 3.8) is 0 Å². The van der Waals surface area contributed by atoms with Gasteiger partial charge < -0.3 is 15.5 Å². The second-order valence-corrected chi connectivity index (χ2v) is 6.55. The maximum absolute atomic E-state index is 11.9. The van der Waals surface area contributed by atoms with Crippen LogP contribution in [0.5, 0.6) is 0 Å². The monoisotopic (exact) mass is 316 g/mol. The molecule has 0 spiro atoms. The molecule has 118 valence electrons. The van der Waals surface area contributed by atoms with Crippen molar-refractivity contribution in [2.75, 3.05) is 13.2 Å². The number of sulfonamides is 1. The third kappa shape index (κ3) is 5.09. The fourth-order valence-electron chi connectivity index (χ4n) is 1.58. The van der Waals surface area contributed by atoms with Crippen LogP contribution in [0.15, 0.2) is 29.2 Å². The molecule has 0 saturated carbocycles. The van der Waals surface area contributed by atoms with Crippen LogP contribution in [0.1, 0.15) is 24.2 Å². The number of aliphatic hydroxyl groups is 2. The molecule has 0 aliphatic carbocycles. The number of amides is 1. The first-order chi connectivity index (χ1) is 9.80. The lowest BCUT2D eigenvalue weighted by atomic mass is 10.2. The summed E-state index contributed by atoms with van der Waals surface area (Å²) < 4.78 is 26.3. The average molecular weight is 316 g/mol. The molecule has 0 aliphatic rings. The third-order valence-electron chi connectivity index (χ3n) is 2.59. The second kappa shape index (κ2) is 7.51. The van der Waals surface area contributed by atoms with E-state index < -0.39 is 22.0 Å². The number of aliphatic hydroxyl groups excluding tert-OH is 2. The van der Waals surface area contributed by atoms with E-state index in [1.807, 2.05) is 0 Å². The number of hydrogen-bond donors (Lipinski definition) is 4. The zero-order chi connectivity index (χ0) is 16.0. The maximum atomic E-state index is 11.9. The first kappa shape index (κ1) is 17.6. The number of nitrogens with one attached hydrogen (secondary N) is 2. The van der Waals surface area contributed by atoms with E-state index in [2.05, 4.69) is 10.0 Å². The van der Waals surface area contributed by atoms with Crippen LogP contribution in [-0.4, -0.2) is 49.8 Å². The molecule has 0 aliphatic heterocycles. The lowest BCUT2D eigenvalue weighted by Gasteiger charge is -2.13. The van der Waals surface area contributed by atoms with Crippen LogP contribution in [-0.2, 0) is 10.0 Å². The molecular formula is C13H20N2O5S. The number of hydrogen-bond acceptors (Lipinski definition) is 5. The summed E-state index contributed by atoms with van der Waals surface area (Å²) in [5.41, 5.74) is 0.241. The molecule has 1 amide bonds. The summed E-state index contributed by atoms with van der Waals surface area (Å²) in [4.78, 5) is 11.9. The Kier molecular flexibility index (Phi) is 6.28. The van der Waals surface area contributed by atoms with E-state index >= 15 is 0 Å². The van der Waals surface area contributed by atoms with E-state index in [1.54, 1.807) is 13.8 Å². The maximum Gasteiger partial charge on any atom is 0.251 e. The minimum atomic E-state index is -3.60. The van der Waals surface area contributed by atoms with Gasteiger partial charge in [0.2, 0.25) is 10.0 Å². The predicted molar refractivity (Wildman–Crippen MR) is 77.3 cm³/mol. The molecule has 0 saturated heterocycles. The van der Waals surface area contributed by atoms with Gasteiger partial charge in [-0.25, -0.2) is 13.1 Å². The molecule has 0 bridgehead atoms. The molecule has 0 unspecified atom stereocenters. The van der Waals surface area contributed by atoms with Crippen LogP contribution in [0.3, 0.4) is 0 Å². The van der Waals surface area contributed by atoms with E-state index in [-0.39, 0.29) is 29.7 Å². The Labute approximate surface area is 124 Å². The molecule has 8 heteroatoms. The van der Waals surface area contributed by atoms with E-state index in [0.717, 1.165) is 0 Å². The van der Waals surface area contributed by atoms with Gasteiger partial charge in [-0.1, -0.05) is 0 Å². The lowest BCUT2D eigenvalue weighted by Crippen LogP contribution is -2.40. The number of carbonyl (C=O) groups excluding carboxylic acids is 1. The van der Waals surface area contributed by atoms with E-state index in [9.17, 15) is 13.2 Å². The highest BCUT2D eigenvalue weighted by Gasteiger charge is 2.17. The minimum Gasteiger partial charge on any atom is -0.394 e. The molecular weight excluding hydrogens is 296 g/mol.